The molecule has 0 atom stereocenters. The van der Waals surface area contributed by atoms with E-state index in [1.807, 2.05) is 50.2 Å². The molecule has 0 aliphatic rings. The molecule has 0 fully saturated rings. The van der Waals surface area contributed by atoms with Gasteiger partial charge in [-0.15, -0.1) is 11.3 Å². The molecular formula is C24H20N4O3S. The first-order valence-electron chi connectivity index (χ1n) is 10.2. The third-order valence-corrected chi connectivity index (χ3v) is 6.89. The van der Waals surface area contributed by atoms with Gasteiger partial charge in [0.05, 0.1) is 24.2 Å². The van der Waals surface area contributed by atoms with Gasteiger partial charge in [-0.05, 0) is 37.1 Å². The minimum Gasteiger partial charge on any atom is -0.278 e. The molecule has 7 nitrogen and oxygen atoms in total. The fourth-order valence-corrected chi connectivity index (χ4v) is 5.04. The lowest BCUT2D eigenvalue weighted by molar-refractivity contribution is 0.632. The van der Waals surface area contributed by atoms with Crippen molar-refractivity contribution >= 4 is 27.2 Å². The number of aryl methyl sites for hydroxylation is 2. The van der Waals surface area contributed by atoms with Crippen LogP contribution < -0.4 is 16.8 Å². The molecule has 8 heteroatoms. The summed E-state index contributed by atoms with van der Waals surface area (Å²) in [6.07, 6.45) is 1.66. The summed E-state index contributed by atoms with van der Waals surface area (Å²) in [4.78, 5) is 45.5. The molecular weight excluding hydrogens is 424 g/mol. The van der Waals surface area contributed by atoms with Crippen LogP contribution in [0.4, 0.5) is 0 Å². The molecule has 0 aliphatic heterocycles. The van der Waals surface area contributed by atoms with Gasteiger partial charge in [-0.2, -0.15) is 0 Å². The summed E-state index contributed by atoms with van der Waals surface area (Å²) in [5, 5.41) is 0.542. The Labute approximate surface area is 186 Å². The first kappa shape index (κ1) is 20.1. The van der Waals surface area contributed by atoms with Gasteiger partial charge < -0.3 is 0 Å². The highest BCUT2D eigenvalue weighted by molar-refractivity contribution is 7.18. The van der Waals surface area contributed by atoms with E-state index < -0.39 is 5.69 Å². The third-order valence-electron chi connectivity index (χ3n) is 5.66. The smallest absolute Gasteiger partial charge is 0.278 e. The number of fused-ring (bicyclic) bond motifs is 2. The van der Waals surface area contributed by atoms with Crippen molar-refractivity contribution in [2.75, 3.05) is 0 Å². The number of thiophene rings is 1. The maximum atomic E-state index is 13.5. The standard InChI is InChI=1S/C24H20N4O3S/c1-15-16(2)32-23-21(15)22(30)27(13-17-8-4-3-5-9-17)24(31)28(23)14-18-12-20(29)26-11-7-6-10-19(26)25-18/h3-12H,13-14H2,1-2H3. The first-order valence-corrected chi connectivity index (χ1v) is 11.0. The zero-order valence-corrected chi connectivity index (χ0v) is 18.4. The highest BCUT2D eigenvalue weighted by atomic mass is 32.1. The number of pyridine rings is 1. The van der Waals surface area contributed by atoms with Crippen LogP contribution in [0, 0.1) is 13.8 Å². The van der Waals surface area contributed by atoms with Crippen LogP contribution >= 0.6 is 11.3 Å². The highest BCUT2D eigenvalue weighted by Gasteiger charge is 2.19. The molecule has 4 heterocycles. The molecule has 0 spiro atoms. The van der Waals surface area contributed by atoms with E-state index in [2.05, 4.69) is 4.98 Å². The first-order chi connectivity index (χ1) is 15.4. The van der Waals surface area contributed by atoms with E-state index in [1.54, 1.807) is 22.9 Å². The Hall–Kier alpha value is -3.78. The summed E-state index contributed by atoms with van der Waals surface area (Å²) in [7, 11) is 0. The largest absolute Gasteiger partial charge is 0.332 e. The van der Waals surface area contributed by atoms with Gasteiger partial charge in [-0.1, -0.05) is 36.4 Å². The molecule has 0 amide bonds. The Morgan fingerprint density at radius 2 is 1.66 bits per heavy atom. The van der Waals surface area contributed by atoms with E-state index in [9.17, 15) is 14.4 Å². The van der Waals surface area contributed by atoms with Crippen molar-refractivity contribution in [1.29, 1.82) is 0 Å². The van der Waals surface area contributed by atoms with Crippen molar-refractivity contribution in [1.82, 2.24) is 18.5 Å². The van der Waals surface area contributed by atoms with E-state index in [0.717, 1.165) is 16.0 Å². The van der Waals surface area contributed by atoms with Gasteiger partial charge in [0, 0.05) is 17.1 Å². The van der Waals surface area contributed by atoms with Crippen LogP contribution in [-0.2, 0) is 13.1 Å². The summed E-state index contributed by atoms with van der Waals surface area (Å²) in [6, 6.07) is 16.2. The maximum absolute atomic E-state index is 13.5. The van der Waals surface area contributed by atoms with Gasteiger partial charge in [-0.25, -0.2) is 9.78 Å². The number of aromatic nitrogens is 4. The summed E-state index contributed by atoms with van der Waals surface area (Å²) in [5.74, 6) is 0. The predicted octanol–water partition coefficient (Wildman–Crippen LogP) is 2.95. The summed E-state index contributed by atoms with van der Waals surface area (Å²) < 4.78 is 4.29. The normalized spacial score (nSPS) is 11.4. The van der Waals surface area contributed by atoms with E-state index in [0.29, 0.717) is 21.6 Å². The van der Waals surface area contributed by atoms with Gasteiger partial charge >= 0.3 is 5.69 Å². The molecule has 5 rings (SSSR count). The molecule has 5 aromatic rings. The topological polar surface area (TPSA) is 78.4 Å². The zero-order valence-electron chi connectivity index (χ0n) is 17.6. The molecule has 0 bridgehead atoms. The molecule has 32 heavy (non-hydrogen) atoms. The average Bonchev–Trinajstić information content (AvgIpc) is 3.09. The van der Waals surface area contributed by atoms with Crippen LogP contribution in [0.15, 0.2) is 75.2 Å². The van der Waals surface area contributed by atoms with Crippen molar-refractivity contribution < 1.29 is 0 Å². The number of hydrogen-bond donors (Lipinski definition) is 0. The van der Waals surface area contributed by atoms with Crippen LogP contribution in [0.25, 0.3) is 15.9 Å². The molecule has 0 saturated heterocycles. The quantitative estimate of drug-likeness (QED) is 0.427. The summed E-state index contributed by atoms with van der Waals surface area (Å²) in [6.45, 7) is 4.12. The third kappa shape index (κ3) is 3.29. The lowest BCUT2D eigenvalue weighted by Gasteiger charge is -2.12. The van der Waals surface area contributed by atoms with Crippen LogP contribution in [-0.4, -0.2) is 18.5 Å². The molecule has 160 valence electrons. The second-order valence-electron chi connectivity index (χ2n) is 7.72. The lowest BCUT2D eigenvalue weighted by Crippen LogP contribution is -2.40. The van der Waals surface area contributed by atoms with Gasteiger partial charge in [0.25, 0.3) is 11.1 Å². The Kier molecular flexibility index (Phi) is 4.86. The maximum Gasteiger partial charge on any atom is 0.332 e. The van der Waals surface area contributed by atoms with Crippen molar-refractivity contribution in [3.05, 3.63) is 114 Å². The fourth-order valence-electron chi connectivity index (χ4n) is 3.90. The fraction of sp³-hybridized carbons (Fsp3) is 0.167. The minimum absolute atomic E-state index is 0.102. The Balaban J connectivity index is 1.74. The Morgan fingerprint density at radius 1 is 0.906 bits per heavy atom. The molecule has 0 aliphatic carbocycles. The van der Waals surface area contributed by atoms with Crippen molar-refractivity contribution in [3.63, 3.8) is 0 Å². The molecule has 0 unspecified atom stereocenters. The Bertz CT molecular complexity index is 1660. The van der Waals surface area contributed by atoms with E-state index in [1.165, 1.54) is 26.4 Å². The number of nitrogens with zero attached hydrogens (tertiary/aromatic N) is 4. The monoisotopic (exact) mass is 444 g/mol. The van der Waals surface area contributed by atoms with Crippen LogP contribution in [0.1, 0.15) is 21.7 Å². The Morgan fingerprint density at radius 3 is 2.44 bits per heavy atom. The average molecular weight is 445 g/mol. The number of benzene rings is 1. The van der Waals surface area contributed by atoms with E-state index >= 15 is 0 Å². The molecule has 0 N–H and O–H groups in total. The second-order valence-corrected chi connectivity index (χ2v) is 8.93. The predicted molar refractivity (Wildman–Crippen MR) is 126 cm³/mol. The second kappa shape index (κ2) is 7.72. The SMILES string of the molecule is Cc1sc2c(c1C)c(=O)n(Cc1ccccc1)c(=O)n2Cc1cc(=O)n2ccccc2n1. The molecule has 0 radical (unpaired) electrons. The number of rotatable bonds is 4. The highest BCUT2D eigenvalue weighted by Crippen LogP contribution is 2.27. The summed E-state index contributed by atoms with van der Waals surface area (Å²) in [5.41, 5.74) is 1.79. The summed E-state index contributed by atoms with van der Waals surface area (Å²) >= 11 is 1.41. The molecule has 1 aromatic carbocycles. The minimum atomic E-state index is -0.414. The van der Waals surface area contributed by atoms with Gasteiger partial charge in [0.2, 0.25) is 0 Å². The van der Waals surface area contributed by atoms with Crippen LogP contribution in [0.3, 0.4) is 0 Å². The molecule has 0 saturated carbocycles. The lowest BCUT2D eigenvalue weighted by atomic mass is 10.2. The van der Waals surface area contributed by atoms with Gasteiger partial charge in [0.15, 0.2) is 0 Å². The van der Waals surface area contributed by atoms with Gasteiger partial charge in [-0.3, -0.25) is 23.1 Å². The van der Waals surface area contributed by atoms with E-state index in [-0.39, 0.29) is 24.2 Å². The van der Waals surface area contributed by atoms with Crippen molar-refractivity contribution in [2.24, 2.45) is 0 Å². The van der Waals surface area contributed by atoms with E-state index in [4.69, 9.17) is 0 Å². The van der Waals surface area contributed by atoms with Crippen LogP contribution in [0.2, 0.25) is 0 Å². The van der Waals surface area contributed by atoms with Crippen LogP contribution in [0.5, 0.6) is 0 Å². The van der Waals surface area contributed by atoms with Gasteiger partial charge in [0.1, 0.15) is 10.5 Å². The van der Waals surface area contributed by atoms with Crippen molar-refractivity contribution in [3.8, 4) is 0 Å². The molecule has 4 aromatic heterocycles. The van der Waals surface area contributed by atoms with Crippen molar-refractivity contribution in [2.45, 2.75) is 26.9 Å². The number of hydrogen-bond acceptors (Lipinski definition) is 5. The zero-order chi connectivity index (χ0) is 22.4.